The topological polar surface area (TPSA) is 21.5 Å². The summed E-state index contributed by atoms with van der Waals surface area (Å²) in [7, 11) is -0.0929. The second-order valence-electron chi connectivity index (χ2n) is 6.36. The summed E-state index contributed by atoms with van der Waals surface area (Å²) in [6.45, 7) is 4.26. The Hall–Kier alpha value is 0.0969. The SMILES string of the molecule is CCCO[Si]1(OC)C2CCCCCCCCCCCN21. The molecule has 2 aliphatic rings. The lowest BCUT2D eigenvalue weighted by atomic mass is 10.1. The fourth-order valence-corrected chi connectivity index (χ4v) is 7.42. The number of nitrogens with zero attached hydrogens (tertiary/aromatic N) is 1. The Balaban J connectivity index is 1.88. The van der Waals surface area contributed by atoms with E-state index in [-0.39, 0.29) is 0 Å². The molecule has 3 nitrogen and oxygen atoms in total. The summed E-state index contributed by atoms with van der Waals surface area (Å²) < 4.78 is 14.7. The van der Waals surface area contributed by atoms with Crippen LogP contribution < -0.4 is 0 Å². The van der Waals surface area contributed by atoms with E-state index in [4.69, 9.17) is 8.85 Å². The van der Waals surface area contributed by atoms with E-state index < -0.39 is 8.72 Å². The molecule has 0 spiro atoms. The third kappa shape index (κ3) is 4.06. The summed E-state index contributed by atoms with van der Waals surface area (Å²) in [6.07, 6.45) is 15.0. The first-order valence-electron chi connectivity index (χ1n) is 8.81. The fourth-order valence-electron chi connectivity index (χ4n) is 3.61. The van der Waals surface area contributed by atoms with Gasteiger partial charge in [0, 0.05) is 13.7 Å². The van der Waals surface area contributed by atoms with Crippen LogP contribution in [0.4, 0.5) is 0 Å². The molecule has 0 aliphatic carbocycles. The lowest BCUT2D eigenvalue weighted by Crippen LogP contribution is -2.34. The van der Waals surface area contributed by atoms with Crippen LogP contribution in [0, 0.1) is 0 Å². The summed E-state index contributed by atoms with van der Waals surface area (Å²) in [5.74, 6) is 0. The van der Waals surface area contributed by atoms with Crippen LogP contribution in [0.3, 0.4) is 0 Å². The van der Waals surface area contributed by atoms with Crippen LogP contribution in [-0.2, 0) is 8.85 Å². The fraction of sp³-hybridized carbons (Fsp3) is 1.00. The average molecular weight is 300 g/mol. The van der Waals surface area contributed by atoms with Crippen molar-refractivity contribution in [2.45, 2.75) is 83.2 Å². The predicted octanol–water partition coefficient (Wildman–Crippen LogP) is 4.14. The molecule has 0 aromatic heterocycles. The first-order chi connectivity index (χ1) is 9.85. The van der Waals surface area contributed by atoms with Gasteiger partial charge in [-0.25, -0.2) is 0 Å². The molecule has 0 radical (unpaired) electrons. The zero-order chi connectivity index (χ0) is 14.3. The molecule has 2 heterocycles. The number of rotatable bonds is 4. The highest BCUT2D eigenvalue weighted by Gasteiger charge is 2.69. The van der Waals surface area contributed by atoms with Crippen molar-refractivity contribution in [3.05, 3.63) is 0 Å². The third-order valence-corrected chi connectivity index (χ3v) is 8.53. The summed E-state index contributed by atoms with van der Waals surface area (Å²) in [4.78, 5) is 0. The Morgan fingerprint density at radius 2 is 1.55 bits per heavy atom. The van der Waals surface area contributed by atoms with Crippen molar-refractivity contribution in [3.8, 4) is 0 Å². The zero-order valence-corrected chi connectivity index (χ0v) is 14.5. The lowest BCUT2D eigenvalue weighted by molar-refractivity contribution is 0.205. The van der Waals surface area contributed by atoms with Crippen molar-refractivity contribution in [1.29, 1.82) is 0 Å². The van der Waals surface area contributed by atoms with Crippen molar-refractivity contribution in [1.82, 2.24) is 4.57 Å². The second kappa shape index (κ2) is 8.52. The van der Waals surface area contributed by atoms with Crippen LogP contribution in [0.2, 0.25) is 0 Å². The standard InChI is InChI=1S/C16H33NO2Si/c1-3-15-19-20(18-2)16-13-11-9-7-5-4-6-8-10-12-14-17(16)20/h16H,3-15H2,1-2H3. The number of hydrogen-bond acceptors (Lipinski definition) is 3. The molecule has 20 heavy (non-hydrogen) atoms. The molecular weight excluding hydrogens is 266 g/mol. The van der Waals surface area contributed by atoms with Gasteiger partial charge in [0.25, 0.3) is 0 Å². The van der Waals surface area contributed by atoms with E-state index in [9.17, 15) is 0 Å². The molecule has 0 saturated carbocycles. The molecule has 0 aromatic rings. The van der Waals surface area contributed by atoms with E-state index in [0.29, 0.717) is 5.67 Å². The van der Waals surface area contributed by atoms with E-state index >= 15 is 0 Å². The predicted molar refractivity (Wildman–Crippen MR) is 85.7 cm³/mol. The van der Waals surface area contributed by atoms with Gasteiger partial charge in [0.15, 0.2) is 0 Å². The maximum absolute atomic E-state index is 6.21. The number of fused-ring (bicyclic) bond motifs is 1. The van der Waals surface area contributed by atoms with Crippen molar-refractivity contribution in [2.24, 2.45) is 0 Å². The maximum Gasteiger partial charge on any atom is 0.445 e. The first kappa shape index (κ1) is 16.5. The molecule has 2 rings (SSSR count). The van der Waals surface area contributed by atoms with Gasteiger partial charge in [0.1, 0.15) is 0 Å². The van der Waals surface area contributed by atoms with Gasteiger partial charge in [-0.2, -0.15) is 0 Å². The Bertz CT molecular complexity index is 257. The Labute approximate surface area is 126 Å². The molecule has 2 aliphatic heterocycles. The van der Waals surface area contributed by atoms with Crippen LogP contribution in [-0.4, -0.2) is 39.2 Å². The van der Waals surface area contributed by atoms with E-state index in [0.717, 1.165) is 13.0 Å². The highest BCUT2D eigenvalue weighted by molar-refractivity contribution is 6.76. The van der Waals surface area contributed by atoms with E-state index in [2.05, 4.69) is 11.5 Å². The van der Waals surface area contributed by atoms with Gasteiger partial charge < -0.3 is 8.85 Å². The lowest BCUT2D eigenvalue weighted by Gasteiger charge is -2.14. The molecule has 2 saturated heterocycles. The number of hydrogen-bond donors (Lipinski definition) is 0. The van der Waals surface area contributed by atoms with Gasteiger partial charge in [-0.05, 0) is 25.8 Å². The molecule has 0 amide bonds. The van der Waals surface area contributed by atoms with E-state index in [1.54, 1.807) is 0 Å². The Kier molecular flexibility index (Phi) is 7.01. The Morgan fingerprint density at radius 1 is 0.950 bits per heavy atom. The van der Waals surface area contributed by atoms with Crippen molar-refractivity contribution in [2.75, 3.05) is 20.3 Å². The Morgan fingerprint density at radius 3 is 2.15 bits per heavy atom. The summed E-state index contributed by atoms with van der Waals surface area (Å²) in [5.41, 5.74) is 0.639. The molecule has 3 atom stereocenters. The molecule has 0 bridgehead atoms. The monoisotopic (exact) mass is 299 g/mol. The van der Waals surface area contributed by atoms with Gasteiger partial charge in [-0.3, -0.25) is 4.57 Å². The molecule has 0 N–H and O–H groups in total. The van der Waals surface area contributed by atoms with Gasteiger partial charge in [0.2, 0.25) is 0 Å². The van der Waals surface area contributed by atoms with Crippen LogP contribution in [0.25, 0.3) is 0 Å². The summed E-state index contributed by atoms with van der Waals surface area (Å²) in [6, 6.07) is 0. The van der Waals surface area contributed by atoms with Crippen LogP contribution >= 0.6 is 0 Å². The normalized spacial score (nSPS) is 36.3. The highest BCUT2D eigenvalue weighted by Crippen LogP contribution is 2.41. The maximum atomic E-state index is 6.21. The first-order valence-corrected chi connectivity index (χ1v) is 10.6. The van der Waals surface area contributed by atoms with Gasteiger partial charge >= 0.3 is 8.72 Å². The van der Waals surface area contributed by atoms with Crippen molar-refractivity contribution < 1.29 is 8.85 Å². The van der Waals surface area contributed by atoms with Crippen LogP contribution in [0.5, 0.6) is 0 Å². The summed E-state index contributed by atoms with van der Waals surface area (Å²) >= 11 is 0. The van der Waals surface area contributed by atoms with Gasteiger partial charge in [0.05, 0.1) is 5.67 Å². The zero-order valence-electron chi connectivity index (χ0n) is 13.5. The molecule has 3 unspecified atom stereocenters. The highest BCUT2D eigenvalue weighted by atomic mass is 28.4. The van der Waals surface area contributed by atoms with Gasteiger partial charge in [-0.1, -0.05) is 58.3 Å². The third-order valence-electron chi connectivity index (χ3n) is 4.81. The van der Waals surface area contributed by atoms with Crippen molar-refractivity contribution >= 4 is 8.72 Å². The minimum absolute atomic E-state index is 0.639. The molecule has 118 valence electrons. The quantitative estimate of drug-likeness (QED) is 0.575. The van der Waals surface area contributed by atoms with E-state index in [1.807, 2.05) is 7.11 Å². The van der Waals surface area contributed by atoms with Gasteiger partial charge in [-0.15, -0.1) is 0 Å². The average Bonchev–Trinajstić information content (AvgIpc) is 3.07. The smallest absolute Gasteiger partial charge is 0.385 e. The minimum Gasteiger partial charge on any atom is -0.385 e. The van der Waals surface area contributed by atoms with Crippen molar-refractivity contribution in [3.63, 3.8) is 0 Å². The van der Waals surface area contributed by atoms with E-state index in [1.165, 1.54) is 70.8 Å². The molecule has 4 heteroatoms. The largest absolute Gasteiger partial charge is 0.445 e. The molecular formula is C16H33NO2Si. The molecule has 2 fully saturated rings. The minimum atomic E-state index is -1.97. The molecule has 0 aromatic carbocycles. The second-order valence-corrected chi connectivity index (χ2v) is 9.56. The summed E-state index contributed by atoms with van der Waals surface area (Å²) in [5, 5.41) is 0. The van der Waals surface area contributed by atoms with Crippen LogP contribution in [0.1, 0.15) is 77.6 Å². The van der Waals surface area contributed by atoms with Crippen LogP contribution in [0.15, 0.2) is 0 Å².